The number of hydrogen-bond donors (Lipinski definition) is 1. The number of amides is 1. The molecule has 0 atom stereocenters. The van der Waals surface area contributed by atoms with Crippen molar-refractivity contribution in [3.8, 4) is 0 Å². The fourth-order valence-corrected chi connectivity index (χ4v) is 3.01. The highest BCUT2D eigenvalue weighted by molar-refractivity contribution is 7.15. The molecule has 0 saturated carbocycles. The standard InChI is InChI=1S/C16H13F3N4OS/c1-23-9-11(7-21-23)14(24)22-15-20-8-13(25-15)6-10-2-4-12(5-3-10)16(17,18)19/h2-5,7-9H,6H2,1H3,(H,20,22,24). The van der Waals surface area contributed by atoms with E-state index < -0.39 is 11.7 Å². The van der Waals surface area contributed by atoms with Gasteiger partial charge in [-0.05, 0) is 17.7 Å². The van der Waals surface area contributed by atoms with Crippen LogP contribution in [-0.4, -0.2) is 20.7 Å². The van der Waals surface area contributed by atoms with Gasteiger partial charge in [-0.2, -0.15) is 18.3 Å². The molecule has 25 heavy (non-hydrogen) atoms. The molecule has 1 aromatic carbocycles. The Kier molecular flexibility index (Phi) is 4.58. The normalized spacial score (nSPS) is 11.5. The maximum atomic E-state index is 12.6. The Labute approximate surface area is 145 Å². The number of aryl methyl sites for hydroxylation is 1. The average molecular weight is 366 g/mol. The first kappa shape index (κ1) is 17.2. The molecule has 0 radical (unpaired) electrons. The van der Waals surface area contributed by atoms with E-state index in [1.807, 2.05) is 0 Å². The van der Waals surface area contributed by atoms with Crippen LogP contribution in [0, 0.1) is 0 Å². The lowest BCUT2D eigenvalue weighted by atomic mass is 10.1. The third-order valence-electron chi connectivity index (χ3n) is 3.40. The molecule has 1 amide bonds. The second kappa shape index (κ2) is 6.67. The van der Waals surface area contributed by atoms with Gasteiger partial charge in [-0.3, -0.25) is 14.8 Å². The number of nitrogens with one attached hydrogen (secondary N) is 1. The van der Waals surface area contributed by atoms with Crippen molar-refractivity contribution < 1.29 is 18.0 Å². The maximum absolute atomic E-state index is 12.6. The van der Waals surface area contributed by atoms with E-state index in [0.29, 0.717) is 17.1 Å². The van der Waals surface area contributed by atoms with E-state index in [9.17, 15) is 18.0 Å². The second-order valence-corrected chi connectivity index (χ2v) is 6.48. The zero-order valence-corrected chi connectivity index (χ0v) is 13.9. The molecule has 0 unspecified atom stereocenters. The number of thiazole rings is 1. The predicted octanol–water partition coefficient (Wildman–Crippen LogP) is 3.74. The van der Waals surface area contributed by atoms with Crippen LogP contribution in [0.4, 0.5) is 18.3 Å². The SMILES string of the molecule is Cn1cc(C(=O)Nc2ncc(Cc3ccc(C(F)(F)F)cc3)s2)cn1. The van der Waals surface area contributed by atoms with Crippen LogP contribution in [0.1, 0.15) is 26.4 Å². The van der Waals surface area contributed by atoms with Gasteiger partial charge in [0.15, 0.2) is 5.13 Å². The molecule has 0 saturated heterocycles. The van der Waals surface area contributed by atoms with E-state index in [2.05, 4.69) is 15.4 Å². The summed E-state index contributed by atoms with van der Waals surface area (Å²) in [7, 11) is 1.71. The zero-order chi connectivity index (χ0) is 18.0. The van der Waals surface area contributed by atoms with Crippen molar-refractivity contribution >= 4 is 22.4 Å². The third-order valence-corrected chi connectivity index (χ3v) is 4.31. The van der Waals surface area contributed by atoms with Crippen molar-refractivity contribution in [3.63, 3.8) is 0 Å². The van der Waals surface area contributed by atoms with Crippen LogP contribution in [0.2, 0.25) is 0 Å². The molecule has 3 rings (SSSR count). The summed E-state index contributed by atoms with van der Waals surface area (Å²) in [6, 6.07) is 5.00. The lowest BCUT2D eigenvalue weighted by Crippen LogP contribution is -2.10. The van der Waals surface area contributed by atoms with Crippen LogP contribution in [0.25, 0.3) is 0 Å². The molecule has 0 bridgehead atoms. The zero-order valence-electron chi connectivity index (χ0n) is 13.0. The van der Waals surface area contributed by atoms with Gasteiger partial charge in [0.2, 0.25) is 0 Å². The Balaban J connectivity index is 1.64. The van der Waals surface area contributed by atoms with Crippen molar-refractivity contribution in [1.82, 2.24) is 14.8 Å². The fourth-order valence-electron chi connectivity index (χ4n) is 2.17. The van der Waals surface area contributed by atoms with Crippen LogP contribution in [-0.2, 0) is 19.6 Å². The van der Waals surface area contributed by atoms with E-state index in [1.54, 1.807) is 19.4 Å². The first-order valence-corrected chi connectivity index (χ1v) is 8.04. The van der Waals surface area contributed by atoms with Crippen LogP contribution in [0.3, 0.4) is 0 Å². The van der Waals surface area contributed by atoms with Gasteiger partial charge in [0.1, 0.15) is 0 Å². The molecule has 9 heteroatoms. The second-order valence-electron chi connectivity index (χ2n) is 5.36. The Morgan fingerprint density at radius 3 is 2.56 bits per heavy atom. The first-order chi connectivity index (χ1) is 11.8. The molecule has 3 aromatic rings. The van der Waals surface area contributed by atoms with E-state index in [-0.39, 0.29) is 5.91 Å². The number of rotatable bonds is 4. The van der Waals surface area contributed by atoms with Gasteiger partial charge in [-0.1, -0.05) is 12.1 Å². The molecule has 0 aliphatic rings. The summed E-state index contributed by atoms with van der Waals surface area (Å²) in [5.74, 6) is -0.316. The Morgan fingerprint density at radius 1 is 1.24 bits per heavy atom. The molecule has 2 heterocycles. The number of carbonyl (C=O) groups excluding carboxylic acids is 1. The largest absolute Gasteiger partial charge is 0.416 e. The molecule has 0 fully saturated rings. The average Bonchev–Trinajstić information content (AvgIpc) is 3.16. The molecule has 0 spiro atoms. The molecular weight excluding hydrogens is 353 g/mol. The van der Waals surface area contributed by atoms with E-state index >= 15 is 0 Å². The van der Waals surface area contributed by atoms with Gasteiger partial charge in [-0.15, -0.1) is 11.3 Å². The highest BCUT2D eigenvalue weighted by Gasteiger charge is 2.29. The van der Waals surface area contributed by atoms with E-state index in [4.69, 9.17) is 0 Å². The summed E-state index contributed by atoms with van der Waals surface area (Å²) in [6.45, 7) is 0. The fraction of sp³-hybridized carbons (Fsp3) is 0.188. The first-order valence-electron chi connectivity index (χ1n) is 7.22. The van der Waals surface area contributed by atoms with E-state index in [1.165, 1.54) is 34.3 Å². The van der Waals surface area contributed by atoms with Crippen LogP contribution < -0.4 is 5.32 Å². The molecule has 0 aliphatic carbocycles. The smallest absolute Gasteiger partial charge is 0.298 e. The van der Waals surface area contributed by atoms with Crippen LogP contribution in [0.5, 0.6) is 0 Å². The predicted molar refractivity (Wildman–Crippen MR) is 87.5 cm³/mol. The summed E-state index contributed by atoms with van der Waals surface area (Å²) in [6.07, 6.45) is 0.741. The molecule has 2 aromatic heterocycles. The Morgan fingerprint density at radius 2 is 1.96 bits per heavy atom. The minimum Gasteiger partial charge on any atom is -0.298 e. The topological polar surface area (TPSA) is 59.8 Å². The van der Waals surface area contributed by atoms with Gasteiger partial charge in [-0.25, -0.2) is 4.98 Å². The number of nitrogens with zero attached hydrogens (tertiary/aromatic N) is 3. The van der Waals surface area contributed by atoms with Crippen molar-refractivity contribution in [2.45, 2.75) is 12.6 Å². The summed E-state index contributed by atoms with van der Waals surface area (Å²) in [4.78, 5) is 17.0. The van der Waals surface area contributed by atoms with Gasteiger partial charge < -0.3 is 0 Å². The number of halogens is 3. The minimum absolute atomic E-state index is 0.316. The Bertz CT molecular complexity index is 883. The highest BCUT2D eigenvalue weighted by atomic mass is 32.1. The quantitative estimate of drug-likeness (QED) is 0.765. The van der Waals surface area contributed by atoms with Gasteiger partial charge in [0, 0.05) is 30.7 Å². The molecular formula is C16H13F3N4OS. The number of carbonyl (C=O) groups is 1. The van der Waals surface area contributed by atoms with Gasteiger partial charge >= 0.3 is 6.18 Å². The van der Waals surface area contributed by atoms with E-state index in [0.717, 1.165) is 22.6 Å². The van der Waals surface area contributed by atoms with Crippen molar-refractivity contribution in [2.24, 2.45) is 7.05 Å². The highest BCUT2D eigenvalue weighted by Crippen LogP contribution is 2.30. The monoisotopic (exact) mass is 366 g/mol. The Hall–Kier alpha value is -2.68. The number of anilines is 1. The molecule has 1 N–H and O–H groups in total. The van der Waals surface area contributed by atoms with Crippen LogP contribution >= 0.6 is 11.3 Å². The van der Waals surface area contributed by atoms with Crippen molar-refractivity contribution in [2.75, 3.05) is 5.32 Å². The van der Waals surface area contributed by atoms with Crippen LogP contribution in [0.15, 0.2) is 42.9 Å². The van der Waals surface area contributed by atoms with Gasteiger partial charge in [0.25, 0.3) is 5.91 Å². The third kappa shape index (κ3) is 4.24. The number of hydrogen-bond acceptors (Lipinski definition) is 4. The lowest BCUT2D eigenvalue weighted by molar-refractivity contribution is -0.137. The minimum atomic E-state index is -4.34. The molecule has 5 nitrogen and oxygen atoms in total. The molecule has 130 valence electrons. The number of benzene rings is 1. The lowest BCUT2D eigenvalue weighted by Gasteiger charge is -2.06. The summed E-state index contributed by atoms with van der Waals surface area (Å²) >= 11 is 1.27. The number of aromatic nitrogens is 3. The summed E-state index contributed by atoms with van der Waals surface area (Å²) in [5, 5.41) is 7.02. The number of alkyl halides is 3. The van der Waals surface area contributed by atoms with Crippen molar-refractivity contribution in [3.05, 3.63) is 64.4 Å². The van der Waals surface area contributed by atoms with Crippen molar-refractivity contribution in [1.29, 1.82) is 0 Å². The van der Waals surface area contributed by atoms with Gasteiger partial charge in [0.05, 0.1) is 17.3 Å². The summed E-state index contributed by atoms with van der Waals surface area (Å²) in [5.41, 5.74) is 0.480. The summed E-state index contributed by atoms with van der Waals surface area (Å²) < 4.78 is 39.2. The maximum Gasteiger partial charge on any atom is 0.416 e. The molecule has 0 aliphatic heterocycles.